The minimum atomic E-state index is -0.291. The third kappa shape index (κ3) is 4.31. The molecule has 1 aliphatic heterocycles. The van der Waals surface area contributed by atoms with Gasteiger partial charge in [-0.3, -0.25) is 14.3 Å². The van der Waals surface area contributed by atoms with E-state index >= 15 is 0 Å². The molecule has 38 heavy (non-hydrogen) atoms. The highest BCUT2D eigenvalue weighted by molar-refractivity contribution is 7.99. The van der Waals surface area contributed by atoms with E-state index in [1.807, 2.05) is 48.8 Å². The summed E-state index contributed by atoms with van der Waals surface area (Å²) in [5.74, 6) is 0.308. The van der Waals surface area contributed by atoms with Gasteiger partial charge < -0.3 is 9.47 Å². The fourth-order valence-corrected chi connectivity index (χ4v) is 6.85. The maximum Gasteiger partial charge on any atom is 0.328 e. The Balaban J connectivity index is 1.39. The van der Waals surface area contributed by atoms with Crippen molar-refractivity contribution in [3.8, 4) is 0 Å². The lowest BCUT2D eigenvalue weighted by Crippen LogP contribution is -2.26. The minimum absolute atomic E-state index is 0.0722. The number of fused-ring (bicyclic) bond motifs is 2. The van der Waals surface area contributed by atoms with Crippen LogP contribution in [0.2, 0.25) is 0 Å². The molecule has 4 heterocycles. The molecule has 3 aromatic heterocycles. The first-order chi connectivity index (χ1) is 18.4. The summed E-state index contributed by atoms with van der Waals surface area (Å²) in [6.45, 7) is 0. The zero-order valence-electron chi connectivity index (χ0n) is 20.7. The number of halogens is 1. The second kappa shape index (κ2) is 9.81. The molecule has 1 amide bonds. The lowest BCUT2D eigenvalue weighted by molar-refractivity contribution is 0.103. The molecule has 0 bridgehead atoms. The van der Waals surface area contributed by atoms with Gasteiger partial charge in [0.15, 0.2) is 5.78 Å². The molecule has 0 saturated heterocycles. The van der Waals surface area contributed by atoms with Crippen molar-refractivity contribution < 1.29 is 14.0 Å². The number of benzene rings is 2. The molecule has 9 heteroatoms. The van der Waals surface area contributed by atoms with Crippen LogP contribution in [0.4, 0.5) is 9.18 Å². The van der Waals surface area contributed by atoms with Crippen molar-refractivity contribution in [3.63, 3.8) is 0 Å². The van der Waals surface area contributed by atoms with E-state index in [0.717, 1.165) is 21.0 Å². The molecule has 2 aromatic carbocycles. The Hall–Kier alpha value is -3.82. The van der Waals surface area contributed by atoms with Gasteiger partial charge >= 0.3 is 6.03 Å². The van der Waals surface area contributed by atoms with Crippen LogP contribution in [0.1, 0.15) is 32.6 Å². The van der Waals surface area contributed by atoms with E-state index < -0.39 is 0 Å². The van der Waals surface area contributed by atoms with Gasteiger partial charge in [0, 0.05) is 82.2 Å². The Morgan fingerprint density at radius 1 is 1.05 bits per heavy atom. The van der Waals surface area contributed by atoms with Crippen molar-refractivity contribution in [2.45, 2.75) is 20.9 Å². The highest BCUT2D eigenvalue weighted by atomic mass is 32.2. The molecule has 1 atom stereocenters. The van der Waals surface area contributed by atoms with Crippen LogP contribution in [0.3, 0.4) is 0 Å². The third-order valence-corrected chi connectivity index (χ3v) is 8.78. The number of carbonyl (C=O) groups excluding carboxylic acids is 2. The van der Waals surface area contributed by atoms with Gasteiger partial charge in [-0.15, -0.1) is 11.8 Å². The van der Waals surface area contributed by atoms with E-state index in [1.165, 1.54) is 33.4 Å². The predicted octanol–water partition coefficient (Wildman–Crippen LogP) is 6.68. The Bertz CT molecular complexity index is 1680. The molecule has 0 saturated carbocycles. The molecule has 0 radical (unpaired) electrons. The largest absolute Gasteiger partial charge is 0.333 e. The number of nitrogens with zero attached hydrogens (tertiary/aromatic N) is 4. The molecule has 0 aliphatic carbocycles. The number of aromatic nitrogens is 3. The van der Waals surface area contributed by atoms with Gasteiger partial charge in [0.2, 0.25) is 0 Å². The Morgan fingerprint density at radius 2 is 1.84 bits per heavy atom. The predicted molar refractivity (Wildman–Crippen MR) is 148 cm³/mol. The quantitative estimate of drug-likeness (QED) is 0.232. The van der Waals surface area contributed by atoms with E-state index in [-0.39, 0.29) is 23.0 Å². The third-order valence-electron chi connectivity index (χ3n) is 6.53. The second-order valence-corrected chi connectivity index (χ2v) is 11.4. The van der Waals surface area contributed by atoms with Crippen LogP contribution in [-0.4, -0.2) is 44.9 Å². The standard InChI is InChI=1S/C29H23FN4O2S2/c1-32(2)29(36)34-16-24(22-10-9-21(14-25(22)34)38-20-7-5-19(30)6-8-20)27(35)23-11-13-33-26(23)17-37-28(33)18-4-3-12-31-15-18/h3-16,28H,17H2,1-2H3. The summed E-state index contributed by atoms with van der Waals surface area (Å²) >= 11 is 3.23. The van der Waals surface area contributed by atoms with Crippen molar-refractivity contribution in [1.82, 2.24) is 19.0 Å². The van der Waals surface area contributed by atoms with Crippen LogP contribution in [0.25, 0.3) is 10.9 Å². The van der Waals surface area contributed by atoms with E-state index in [2.05, 4.69) is 9.55 Å². The fraction of sp³-hybridized carbons (Fsp3) is 0.138. The number of carbonyl (C=O) groups is 2. The number of hydrogen-bond donors (Lipinski definition) is 0. The first-order valence-corrected chi connectivity index (χ1v) is 13.8. The summed E-state index contributed by atoms with van der Waals surface area (Å²) in [6.07, 6.45) is 7.22. The van der Waals surface area contributed by atoms with Gasteiger partial charge in [0.1, 0.15) is 11.2 Å². The van der Waals surface area contributed by atoms with Crippen LogP contribution >= 0.6 is 23.5 Å². The average molecular weight is 543 g/mol. The van der Waals surface area contributed by atoms with Crippen LogP contribution in [-0.2, 0) is 5.75 Å². The highest BCUT2D eigenvalue weighted by Gasteiger charge is 2.30. The normalized spacial score (nSPS) is 14.6. The summed E-state index contributed by atoms with van der Waals surface area (Å²) in [5, 5.41) is 0.783. The van der Waals surface area contributed by atoms with Crippen LogP contribution < -0.4 is 0 Å². The lowest BCUT2D eigenvalue weighted by atomic mass is 10.0. The number of amides is 1. The Labute approximate surface area is 227 Å². The van der Waals surface area contributed by atoms with Crippen LogP contribution in [0.5, 0.6) is 0 Å². The summed E-state index contributed by atoms with van der Waals surface area (Å²) in [6, 6.07) is 17.6. The Morgan fingerprint density at radius 3 is 2.58 bits per heavy atom. The SMILES string of the molecule is CN(C)C(=O)n1cc(C(=O)c2ccn3c2CSC3c2cccnc2)c2ccc(Sc3ccc(F)cc3)cc21. The molecule has 1 aliphatic rings. The van der Waals surface area contributed by atoms with Gasteiger partial charge in [0.05, 0.1) is 5.52 Å². The maximum atomic E-state index is 13.9. The first kappa shape index (κ1) is 24.5. The Kier molecular flexibility index (Phi) is 6.33. The van der Waals surface area contributed by atoms with Crippen LogP contribution in [0, 0.1) is 5.82 Å². The van der Waals surface area contributed by atoms with E-state index in [9.17, 15) is 14.0 Å². The van der Waals surface area contributed by atoms with Gasteiger partial charge in [-0.2, -0.15) is 0 Å². The zero-order valence-corrected chi connectivity index (χ0v) is 22.3. The van der Waals surface area contributed by atoms with Gasteiger partial charge in [-0.1, -0.05) is 23.9 Å². The second-order valence-electron chi connectivity index (χ2n) is 9.19. The fourth-order valence-electron chi connectivity index (χ4n) is 4.68. The smallest absolute Gasteiger partial charge is 0.328 e. The van der Waals surface area contributed by atoms with Gasteiger partial charge in [0.25, 0.3) is 0 Å². The molecule has 0 N–H and O–H groups in total. The monoisotopic (exact) mass is 542 g/mol. The number of hydrogen-bond acceptors (Lipinski definition) is 5. The summed E-state index contributed by atoms with van der Waals surface area (Å²) in [7, 11) is 3.37. The molecule has 6 nitrogen and oxygen atoms in total. The topological polar surface area (TPSA) is 60.1 Å². The maximum absolute atomic E-state index is 13.9. The summed E-state index contributed by atoms with van der Waals surface area (Å²) < 4.78 is 17.0. The van der Waals surface area contributed by atoms with Crippen molar-refractivity contribution in [2.75, 3.05) is 14.1 Å². The number of pyridine rings is 1. The first-order valence-electron chi connectivity index (χ1n) is 12.0. The molecule has 190 valence electrons. The van der Waals surface area contributed by atoms with Crippen molar-refractivity contribution in [2.24, 2.45) is 0 Å². The number of ketones is 1. The molecular formula is C29H23FN4O2S2. The summed E-state index contributed by atoms with van der Waals surface area (Å²) in [4.78, 5) is 34.5. The van der Waals surface area contributed by atoms with Gasteiger partial charge in [-0.05, 0) is 48.5 Å². The number of thioether (sulfide) groups is 1. The molecule has 0 fully saturated rings. The zero-order chi connectivity index (χ0) is 26.4. The molecule has 5 aromatic rings. The molecule has 0 spiro atoms. The van der Waals surface area contributed by atoms with Crippen LogP contribution in [0.15, 0.2) is 95.2 Å². The van der Waals surface area contributed by atoms with Crippen molar-refractivity contribution in [1.29, 1.82) is 0 Å². The highest BCUT2D eigenvalue weighted by Crippen LogP contribution is 2.42. The van der Waals surface area contributed by atoms with Crippen molar-refractivity contribution >= 4 is 46.2 Å². The molecular weight excluding hydrogens is 519 g/mol. The summed E-state index contributed by atoms with van der Waals surface area (Å²) in [5.41, 5.74) is 3.84. The minimum Gasteiger partial charge on any atom is -0.333 e. The van der Waals surface area contributed by atoms with Crippen molar-refractivity contribution in [3.05, 3.63) is 114 Å². The van der Waals surface area contributed by atoms with E-state index in [0.29, 0.717) is 27.8 Å². The van der Waals surface area contributed by atoms with E-state index in [4.69, 9.17) is 0 Å². The lowest BCUT2D eigenvalue weighted by Gasteiger charge is -2.12. The van der Waals surface area contributed by atoms with Gasteiger partial charge in [-0.25, -0.2) is 9.18 Å². The molecule has 1 unspecified atom stereocenters. The molecule has 6 rings (SSSR count). The number of rotatable bonds is 5. The average Bonchev–Trinajstić information content (AvgIpc) is 3.63. The van der Waals surface area contributed by atoms with E-state index in [1.54, 1.807) is 50.4 Å².